The molecule has 96 valence electrons. The van der Waals surface area contributed by atoms with Gasteiger partial charge >= 0.3 is 0 Å². The van der Waals surface area contributed by atoms with Gasteiger partial charge in [0.05, 0.1) is 5.70 Å². The maximum atomic E-state index is 12.3. The standard InChI is InChI=1S/C13H16N2OS2/c1-3-4-9-15-12(16)11(18-13(15)17)10-7-5-6-8-14(10)2/h5-8H,3-4,9H2,1-2H3/b11-10-. The van der Waals surface area contributed by atoms with Crippen LogP contribution in [0, 0.1) is 0 Å². The fraction of sp³-hybridized carbons (Fsp3) is 0.385. The smallest absolute Gasteiger partial charge is 0.268 e. The summed E-state index contributed by atoms with van der Waals surface area (Å²) < 4.78 is 0.673. The number of thioether (sulfide) groups is 1. The lowest BCUT2D eigenvalue weighted by atomic mass is 10.2. The summed E-state index contributed by atoms with van der Waals surface area (Å²) in [7, 11) is 1.94. The molecule has 0 aromatic carbocycles. The van der Waals surface area contributed by atoms with Gasteiger partial charge in [0.15, 0.2) is 0 Å². The minimum atomic E-state index is 0.0419. The average molecular weight is 280 g/mol. The van der Waals surface area contributed by atoms with Crippen LogP contribution in [0.2, 0.25) is 0 Å². The van der Waals surface area contributed by atoms with E-state index in [1.807, 2.05) is 36.4 Å². The minimum Gasteiger partial charge on any atom is -0.350 e. The summed E-state index contributed by atoms with van der Waals surface area (Å²) >= 11 is 6.69. The first-order valence-electron chi connectivity index (χ1n) is 6.00. The van der Waals surface area contributed by atoms with Crippen molar-refractivity contribution in [3.63, 3.8) is 0 Å². The van der Waals surface area contributed by atoms with Crippen molar-refractivity contribution in [3.8, 4) is 0 Å². The summed E-state index contributed by atoms with van der Waals surface area (Å²) in [4.78, 5) is 16.7. The molecule has 0 aliphatic carbocycles. The third-order valence-electron chi connectivity index (χ3n) is 2.87. The summed E-state index contributed by atoms with van der Waals surface area (Å²) in [6, 6.07) is 0. The van der Waals surface area contributed by atoms with Gasteiger partial charge in [-0.3, -0.25) is 9.69 Å². The number of amides is 1. The summed E-state index contributed by atoms with van der Waals surface area (Å²) in [6.45, 7) is 2.83. The third kappa shape index (κ3) is 2.52. The van der Waals surface area contributed by atoms with Crippen LogP contribution in [-0.4, -0.2) is 33.6 Å². The molecule has 0 unspecified atom stereocenters. The van der Waals surface area contributed by atoms with Crippen molar-refractivity contribution in [1.29, 1.82) is 0 Å². The number of hydrogen-bond donors (Lipinski definition) is 0. The number of likely N-dealkylation sites (N-methyl/N-ethyl adjacent to an activating group) is 1. The van der Waals surface area contributed by atoms with E-state index in [2.05, 4.69) is 6.92 Å². The molecular formula is C13H16N2OS2. The summed E-state index contributed by atoms with van der Waals surface area (Å²) in [5.74, 6) is 0.0419. The Morgan fingerprint density at radius 2 is 2.17 bits per heavy atom. The molecule has 0 aromatic heterocycles. The van der Waals surface area contributed by atoms with E-state index < -0.39 is 0 Å². The van der Waals surface area contributed by atoms with Crippen LogP contribution in [0.1, 0.15) is 19.8 Å². The lowest BCUT2D eigenvalue weighted by molar-refractivity contribution is -0.122. The first-order chi connectivity index (χ1) is 8.65. The Labute approximate surface area is 117 Å². The van der Waals surface area contributed by atoms with Crippen LogP contribution in [-0.2, 0) is 4.79 Å². The van der Waals surface area contributed by atoms with Gasteiger partial charge in [-0.1, -0.05) is 43.4 Å². The molecule has 2 aliphatic heterocycles. The van der Waals surface area contributed by atoms with E-state index in [-0.39, 0.29) is 5.91 Å². The lowest BCUT2D eigenvalue weighted by Gasteiger charge is -2.19. The Kier molecular flexibility index (Phi) is 4.24. The number of carbonyl (C=O) groups excluding carboxylic acids is 1. The average Bonchev–Trinajstić information content (AvgIpc) is 2.63. The quantitative estimate of drug-likeness (QED) is 0.586. The van der Waals surface area contributed by atoms with E-state index in [1.54, 1.807) is 4.90 Å². The maximum absolute atomic E-state index is 12.3. The van der Waals surface area contributed by atoms with Crippen molar-refractivity contribution in [3.05, 3.63) is 35.0 Å². The van der Waals surface area contributed by atoms with Gasteiger partial charge in [-0.2, -0.15) is 0 Å². The molecular weight excluding hydrogens is 264 g/mol. The maximum Gasteiger partial charge on any atom is 0.268 e. The van der Waals surface area contributed by atoms with Crippen LogP contribution >= 0.6 is 24.0 Å². The predicted octanol–water partition coefficient (Wildman–Crippen LogP) is 2.87. The van der Waals surface area contributed by atoms with Gasteiger partial charge < -0.3 is 4.90 Å². The van der Waals surface area contributed by atoms with Crippen molar-refractivity contribution < 1.29 is 4.79 Å². The van der Waals surface area contributed by atoms with Crippen molar-refractivity contribution in [2.24, 2.45) is 0 Å². The van der Waals surface area contributed by atoms with Crippen LogP contribution in [0.5, 0.6) is 0 Å². The molecule has 1 saturated heterocycles. The molecule has 0 N–H and O–H groups in total. The van der Waals surface area contributed by atoms with Crippen LogP contribution in [0.25, 0.3) is 0 Å². The first-order valence-corrected chi connectivity index (χ1v) is 7.23. The van der Waals surface area contributed by atoms with E-state index in [0.717, 1.165) is 30.0 Å². The molecule has 2 heterocycles. The van der Waals surface area contributed by atoms with Gasteiger partial charge in [-0.05, 0) is 18.6 Å². The zero-order valence-corrected chi connectivity index (χ0v) is 12.2. The van der Waals surface area contributed by atoms with Crippen molar-refractivity contribution in [2.75, 3.05) is 13.6 Å². The largest absolute Gasteiger partial charge is 0.350 e. The molecule has 0 saturated carbocycles. The van der Waals surface area contributed by atoms with E-state index in [1.165, 1.54) is 11.8 Å². The second-order valence-electron chi connectivity index (χ2n) is 4.20. The SMILES string of the molecule is CCCCN1C(=O)/C(=C2\C=CC=CN2C)SC1=S. The molecule has 18 heavy (non-hydrogen) atoms. The zero-order chi connectivity index (χ0) is 13.1. The molecule has 0 bridgehead atoms. The van der Waals surface area contributed by atoms with Crippen LogP contribution < -0.4 is 0 Å². The second kappa shape index (κ2) is 5.71. The molecule has 1 fully saturated rings. The van der Waals surface area contributed by atoms with E-state index in [4.69, 9.17) is 12.2 Å². The summed E-state index contributed by atoms with van der Waals surface area (Å²) in [5, 5.41) is 0. The van der Waals surface area contributed by atoms with Crippen molar-refractivity contribution >= 4 is 34.2 Å². The van der Waals surface area contributed by atoms with Gasteiger partial charge in [0.25, 0.3) is 5.91 Å². The highest BCUT2D eigenvalue weighted by Crippen LogP contribution is 2.35. The normalized spacial score (nSPS) is 23.4. The molecule has 3 nitrogen and oxygen atoms in total. The Morgan fingerprint density at radius 1 is 1.39 bits per heavy atom. The number of nitrogens with zero attached hydrogens (tertiary/aromatic N) is 2. The second-order valence-corrected chi connectivity index (χ2v) is 5.85. The fourth-order valence-electron chi connectivity index (χ4n) is 1.82. The Bertz CT molecular complexity index is 466. The molecule has 2 rings (SSSR count). The van der Waals surface area contributed by atoms with Gasteiger partial charge in [0.2, 0.25) is 0 Å². The van der Waals surface area contributed by atoms with Crippen LogP contribution in [0.15, 0.2) is 35.0 Å². The topological polar surface area (TPSA) is 23.6 Å². The van der Waals surface area contributed by atoms with Gasteiger partial charge in [0.1, 0.15) is 9.23 Å². The molecule has 5 heteroatoms. The highest BCUT2D eigenvalue weighted by Gasteiger charge is 2.34. The van der Waals surface area contributed by atoms with Crippen LogP contribution in [0.3, 0.4) is 0 Å². The molecule has 0 radical (unpaired) electrons. The van der Waals surface area contributed by atoms with Crippen molar-refractivity contribution in [2.45, 2.75) is 19.8 Å². The Balaban J connectivity index is 2.24. The Morgan fingerprint density at radius 3 is 2.83 bits per heavy atom. The third-order valence-corrected chi connectivity index (χ3v) is 4.33. The summed E-state index contributed by atoms with van der Waals surface area (Å²) in [6.07, 6.45) is 9.82. The molecule has 0 spiro atoms. The van der Waals surface area contributed by atoms with Gasteiger partial charge in [0, 0.05) is 19.8 Å². The molecule has 0 aromatic rings. The summed E-state index contributed by atoms with van der Waals surface area (Å²) in [5.41, 5.74) is 0.925. The van der Waals surface area contributed by atoms with Crippen molar-refractivity contribution in [1.82, 2.24) is 9.80 Å². The number of thiocarbonyl (C=S) groups is 1. The molecule has 2 aliphatic rings. The lowest BCUT2D eigenvalue weighted by Crippen LogP contribution is -2.29. The minimum absolute atomic E-state index is 0.0419. The molecule has 1 amide bonds. The van der Waals surface area contributed by atoms with Crippen LogP contribution in [0.4, 0.5) is 0 Å². The predicted molar refractivity (Wildman–Crippen MR) is 79.9 cm³/mol. The number of hydrogen-bond acceptors (Lipinski definition) is 4. The van der Waals surface area contributed by atoms with Gasteiger partial charge in [-0.25, -0.2) is 0 Å². The van der Waals surface area contributed by atoms with E-state index >= 15 is 0 Å². The first kappa shape index (κ1) is 13.4. The number of unbranched alkanes of at least 4 members (excludes halogenated alkanes) is 1. The highest BCUT2D eigenvalue weighted by atomic mass is 32.2. The number of allylic oxidation sites excluding steroid dienone is 3. The Hall–Kier alpha value is -1.07. The number of rotatable bonds is 3. The van der Waals surface area contributed by atoms with Gasteiger partial charge in [-0.15, -0.1) is 0 Å². The molecule has 0 atom stereocenters. The number of carbonyl (C=O) groups is 1. The highest BCUT2D eigenvalue weighted by molar-refractivity contribution is 8.26. The van der Waals surface area contributed by atoms with E-state index in [9.17, 15) is 4.79 Å². The fourth-order valence-corrected chi connectivity index (χ4v) is 3.22. The van der Waals surface area contributed by atoms with E-state index in [0.29, 0.717) is 4.32 Å². The monoisotopic (exact) mass is 280 g/mol. The zero-order valence-electron chi connectivity index (χ0n) is 10.5.